The summed E-state index contributed by atoms with van der Waals surface area (Å²) in [4.78, 5) is 14.4. The number of nitrogens with one attached hydrogen (secondary N) is 2. The number of hydrogen-bond acceptors (Lipinski definition) is 4. The Bertz CT molecular complexity index is 511. The minimum Gasteiger partial charge on any atom is -0.374 e. The Morgan fingerprint density at radius 3 is 2.75 bits per heavy atom. The second-order valence-corrected chi connectivity index (χ2v) is 6.43. The van der Waals surface area contributed by atoms with E-state index in [1.54, 1.807) is 0 Å². The average Bonchev–Trinajstić information content (AvgIpc) is 2.54. The van der Waals surface area contributed by atoms with E-state index in [4.69, 9.17) is 4.74 Å². The van der Waals surface area contributed by atoms with Gasteiger partial charge in [0, 0.05) is 32.2 Å². The van der Waals surface area contributed by atoms with Gasteiger partial charge in [-0.05, 0) is 31.9 Å². The fourth-order valence-electron chi connectivity index (χ4n) is 2.68. The summed E-state index contributed by atoms with van der Waals surface area (Å²) >= 11 is 0. The Morgan fingerprint density at radius 2 is 2.08 bits per heavy atom. The largest absolute Gasteiger partial charge is 0.374 e. The van der Waals surface area contributed by atoms with Gasteiger partial charge in [0.2, 0.25) is 5.91 Å². The van der Waals surface area contributed by atoms with Crippen LogP contribution in [0.3, 0.4) is 0 Å². The molecule has 136 valence electrons. The normalized spacial score (nSPS) is 18.2. The number of rotatable bonds is 7. The van der Waals surface area contributed by atoms with Gasteiger partial charge in [-0.15, -0.1) is 12.4 Å². The predicted molar refractivity (Wildman–Crippen MR) is 99.4 cm³/mol. The van der Waals surface area contributed by atoms with Gasteiger partial charge < -0.3 is 15.4 Å². The maximum absolute atomic E-state index is 12.2. The Balaban J connectivity index is 0.00000288. The summed E-state index contributed by atoms with van der Waals surface area (Å²) in [5, 5.41) is 6.38. The molecular formula is C18H30ClN3O2. The highest BCUT2D eigenvalue weighted by Gasteiger charge is 2.20. The number of nitrogens with zero attached hydrogens (tertiary/aromatic N) is 1. The molecule has 1 saturated heterocycles. The highest BCUT2D eigenvalue weighted by Crippen LogP contribution is 2.11. The van der Waals surface area contributed by atoms with Gasteiger partial charge in [-0.25, -0.2) is 0 Å². The fourth-order valence-corrected chi connectivity index (χ4v) is 2.68. The standard InChI is InChI=1S/C18H29N3O2.ClH/c1-14(2)23-13-17-7-5-4-6-16(17)11-20-18(22)12-21-9-8-19-10-15(21)3;/h4-7,14-15,19H,8-13H2,1-3H3,(H,20,22);1H/t15-;/m0./s1. The van der Waals surface area contributed by atoms with Crippen molar-refractivity contribution in [2.24, 2.45) is 0 Å². The molecule has 1 fully saturated rings. The third-order valence-corrected chi connectivity index (χ3v) is 4.15. The minimum atomic E-state index is 0. The predicted octanol–water partition coefficient (Wildman–Crippen LogP) is 1.94. The summed E-state index contributed by atoms with van der Waals surface area (Å²) in [6.07, 6.45) is 0.201. The smallest absolute Gasteiger partial charge is 0.234 e. The van der Waals surface area contributed by atoms with Gasteiger partial charge in [0.1, 0.15) is 0 Å². The summed E-state index contributed by atoms with van der Waals surface area (Å²) in [6.45, 7) is 10.6. The van der Waals surface area contributed by atoms with Crippen LogP contribution in [-0.4, -0.2) is 49.1 Å². The first kappa shape index (κ1) is 20.9. The number of ether oxygens (including phenoxy) is 1. The van der Waals surface area contributed by atoms with Crippen LogP contribution in [0.4, 0.5) is 0 Å². The molecular weight excluding hydrogens is 326 g/mol. The van der Waals surface area contributed by atoms with Gasteiger partial charge in [-0.2, -0.15) is 0 Å². The van der Waals surface area contributed by atoms with Crippen molar-refractivity contribution in [1.29, 1.82) is 0 Å². The van der Waals surface area contributed by atoms with Crippen molar-refractivity contribution in [2.45, 2.75) is 46.1 Å². The van der Waals surface area contributed by atoms with E-state index in [1.165, 1.54) is 0 Å². The van der Waals surface area contributed by atoms with Crippen LogP contribution in [0.2, 0.25) is 0 Å². The first-order chi connectivity index (χ1) is 11.1. The maximum Gasteiger partial charge on any atom is 0.234 e. The minimum absolute atomic E-state index is 0. The molecule has 1 atom stereocenters. The zero-order valence-electron chi connectivity index (χ0n) is 14.9. The van der Waals surface area contributed by atoms with Gasteiger partial charge in [0.05, 0.1) is 19.3 Å². The van der Waals surface area contributed by atoms with Gasteiger partial charge in [0.25, 0.3) is 0 Å². The number of halogens is 1. The second-order valence-electron chi connectivity index (χ2n) is 6.43. The second kappa shape index (κ2) is 10.7. The Morgan fingerprint density at radius 1 is 1.38 bits per heavy atom. The van der Waals surface area contributed by atoms with Crippen LogP contribution in [0.1, 0.15) is 31.9 Å². The van der Waals surface area contributed by atoms with E-state index in [-0.39, 0.29) is 24.4 Å². The van der Waals surface area contributed by atoms with Gasteiger partial charge in [0.15, 0.2) is 0 Å². The van der Waals surface area contributed by atoms with Gasteiger partial charge >= 0.3 is 0 Å². The first-order valence-corrected chi connectivity index (χ1v) is 8.46. The molecule has 1 amide bonds. The summed E-state index contributed by atoms with van der Waals surface area (Å²) in [5.74, 6) is 0.0818. The molecule has 2 N–H and O–H groups in total. The van der Waals surface area contributed by atoms with Crippen LogP contribution in [0, 0.1) is 0 Å². The molecule has 0 spiro atoms. The SMILES string of the molecule is CC(C)OCc1ccccc1CNC(=O)CN1CCNC[C@@H]1C.Cl. The quantitative estimate of drug-likeness (QED) is 0.785. The topological polar surface area (TPSA) is 53.6 Å². The van der Waals surface area contributed by atoms with E-state index in [1.807, 2.05) is 32.0 Å². The van der Waals surface area contributed by atoms with Crippen molar-refractivity contribution in [3.8, 4) is 0 Å². The van der Waals surface area contributed by atoms with Gasteiger partial charge in [-0.3, -0.25) is 9.69 Å². The summed E-state index contributed by atoms with van der Waals surface area (Å²) in [7, 11) is 0. The Kier molecular flexibility index (Phi) is 9.29. The number of piperazine rings is 1. The van der Waals surface area contributed by atoms with Crippen molar-refractivity contribution < 1.29 is 9.53 Å². The van der Waals surface area contributed by atoms with Crippen LogP contribution < -0.4 is 10.6 Å². The molecule has 24 heavy (non-hydrogen) atoms. The molecule has 6 heteroatoms. The van der Waals surface area contributed by atoms with Gasteiger partial charge in [-0.1, -0.05) is 24.3 Å². The number of carbonyl (C=O) groups excluding carboxylic acids is 1. The van der Waals surface area contributed by atoms with E-state index in [9.17, 15) is 4.79 Å². The maximum atomic E-state index is 12.2. The van der Waals surface area contributed by atoms with Crippen LogP contribution >= 0.6 is 12.4 Å². The monoisotopic (exact) mass is 355 g/mol. The molecule has 5 nitrogen and oxygen atoms in total. The number of hydrogen-bond donors (Lipinski definition) is 2. The zero-order valence-corrected chi connectivity index (χ0v) is 15.7. The molecule has 0 aliphatic carbocycles. The van der Waals surface area contributed by atoms with E-state index in [0.717, 1.165) is 30.8 Å². The molecule has 0 saturated carbocycles. The molecule has 0 unspecified atom stereocenters. The fraction of sp³-hybridized carbons (Fsp3) is 0.611. The molecule has 1 aliphatic rings. The number of amides is 1. The molecule has 1 aromatic rings. The van der Waals surface area contributed by atoms with Crippen LogP contribution in [-0.2, 0) is 22.7 Å². The lowest BCUT2D eigenvalue weighted by Crippen LogP contribution is -2.52. The lowest BCUT2D eigenvalue weighted by atomic mass is 10.1. The van der Waals surface area contributed by atoms with E-state index in [2.05, 4.69) is 28.5 Å². The molecule has 0 aromatic heterocycles. The third-order valence-electron chi connectivity index (χ3n) is 4.15. The summed E-state index contributed by atoms with van der Waals surface area (Å²) < 4.78 is 5.68. The highest BCUT2D eigenvalue weighted by atomic mass is 35.5. The first-order valence-electron chi connectivity index (χ1n) is 8.46. The molecule has 1 aromatic carbocycles. The number of benzene rings is 1. The van der Waals surface area contributed by atoms with Crippen molar-refractivity contribution >= 4 is 18.3 Å². The molecule has 0 radical (unpaired) electrons. The summed E-state index contributed by atoms with van der Waals surface area (Å²) in [5.41, 5.74) is 2.26. The third kappa shape index (κ3) is 6.77. The molecule has 0 bridgehead atoms. The van der Waals surface area contributed by atoms with E-state index < -0.39 is 0 Å². The van der Waals surface area contributed by atoms with Crippen molar-refractivity contribution in [1.82, 2.24) is 15.5 Å². The Labute approximate surface area is 151 Å². The van der Waals surface area contributed by atoms with Crippen molar-refractivity contribution in [3.05, 3.63) is 35.4 Å². The van der Waals surface area contributed by atoms with Crippen LogP contribution in [0.15, 0.2) is 24.3 Å². The zero-order chi connectivity index (χ0) is 16.7. The lowest BCUT2D eigenvalue weighted by molar-refractivity contribution is -0.123. The molecule has 2 rings (SSSR count). The van der Waals surface area contributed by atoms with Crippen molar-refractivity contribution in [2.75, 3.05) is 26.2 Å². The van der Waals surface area contributed by atoms with E-state index in [0.29, 0.717) is 25.7 Å². The summed E-state index contributed by atoms with van der Waals surface area (Å²) in [6, 6.07) is 8.52. The Hall–Kier alpha value is -1.14. The lowest BCUT2D eigenvalue weighted by Gasteiger charge is -2.33. The number of carbonyl (C=O) groups is 1. The van der Waals surface area contributed by atoms with Crippen molar-refractivity contribution in [3.63, 3.8) is 0 Å². The average molecular weight is 356 g/mol. The van der Waals surface area contributed by atoms with Crippen LogP contribution in [0.25, 0.3) is 0 Å². The molecule has 1 aliphatic heterocycles. The van der Waals surface area contributed by atoms with E-state index >= 15 is 0 Å². The highest BCUT2D eigenvalue weighted by molar-refractivity contribution is 5.85. The van der Waals surface area contributed by atoms with Crippen LogP contribution in [0.5, 0.6) is 0 Å². The molecule has 1 heterocycles.